The van der Waals surface area contributed by atoms with Gasteiger partial charge in [-0.25, -0.2) is 4.68 Å². The van der Waals surface area contributed by atoms with Gasteiger partial charge in [0.05, 0.1) is 11.9 Å². The number of rotatable bonds is 2. The number of nitrogens with zero attached hydrogens (tertiary/aromatic N) is 3. The summed E-state index contributed by atoms with van der Waals surface area (Å²) in [6.45, 7) is 4.38. The lowest BCUT2D eigenvalue weighted by Gasteiger charge is -2.04. The molecular weight excluding hydrogens is 338 g/mol. The molecule has 20 heavy (non-hydrogen) atoms. The second-order valence-electron chi connectivity index (χ2n) is 4.65. The number of benzene rings is 1. The third-order valence-corrected chi connectivity index (χ3v) is 4.86. The van der Waals surface area contributed by atoms with Crippen LogP contribution in [0, 0.1) is 13.8 Å². The summed E-state index contributed by atoms with van der Waals surface area (Å²) in [7, 11) is 0. The molecule has 0 aliphatic heterocycles. The van der Waals surface area contributed by atoms with Crippen LogP contribution >= 0.6 is 27.3 Å². The minimum Gasteiger partial charge on any atom is -0.267 e. The van der Waals surface area contributed by atoms with Crippen LogP contribution in [-0.4, -0.2) is 15.0 Å². The van der Waals surface area contributed by atoms with Crippen molar-refractivity contribution < 1.29 is 0 Å². The Balaban J connectivity index is 2.11. The highest BCUT2D eigenvalue weighted by atomic mass is 79.9. The topological polar surface area (TPSA) is 47.8 Å². The fourth-order valence-electron chi connectivity index (χ4n) is 2.11. The molecule has 102 valence electrons. The first kappa shape index (κ1) is 13.5. The van der Waals surface area contributed by atoms with Gasteiger partial charge in [0.25, 0.3) is 5.56 Å². The van der Waals surface area contributed by atoms with Crippen LogP contribution in [0.2, 0.25) is 0 Å². The Morgan fingerprint density at radius 1 is 1.35 bits per heavy atom. The van der Waals surface area contributed by atoms with Crippen molar-refractivity contribution in [2.45, 2.75) is 20.4 Å². The molecule has 0 N–H and O–H groups in total. The van der Waals surface area contributed by atoms with Crippen LogP contribution in [0.4, 0.5) is 0 Å². The highest BCUT2D eigenvalue weighted by Gasteiger charge is 2.13. The predicted molar refractivity (Wildman–Crippen MR) is 84.4 cm³/mol. The van der Waals surface area contributed by atoms with Crippen LogP contribution < -0.4 is 5.56 Å². The van der Waals surface area contributed by atoms with Crippen molar-refractivity contribution in [3.8, 4) is 0 Å². The number of fused-ring (bicyclic) bond motifs is 1. The SMILES string of the molecule is Cc1sc2nnn(Cc3cccc(Br)c3)c(=O)c2c1C. The molecule has 0 atom stereocenters. The monoisotopic (exact) mass is 349 g/mol. The number of aryl methyl sites for hydroxylation is 2. The summed E-state index contributed by atoms with van der Waals surface area (Å²) in [4.78, 5) is 14.3. The number of thiophene rings is 1. The molecule has 0 aliphatic carbocycles. The molecule has 0 radical (unpaired) electrons. The van der Waals surface area contributed by atoms with E-state index < -0.39 is 0 Å². The van der Waals surface area contributed by atoms with Crippen molar-refractivity contribution in [2.24, 2.45) is 0 Å². The van der Waals surface area contributed by atoms with Crippen molar-refractivity contribution in [1.29, 1.82) is 0 Å². The summed E-state index contributed by atoms with van der Waals surface area (Å²) < 4.78 is 2.41. The molecule has 2 aromatic heterocycles. The minimum absolute atomic E-state index is 0.0724. The van der Waals surface area contributed by atoms with Gasteiger partial charge >= 0.3 is 0 Å². The third-order valence-electron chi connectivity index (χ3n) is 3.28. The minimum atomic E-state index is -0.0724. The normalized spacial score (nSPS) is 11.2. The summed E-state index contributed by atoms with van der Waals surface area (Å²) in [5.41, 5.74) is 1.95. The molecule has 3 aromatic rings. The summed E-state index contributed by atoms with van der Waals surface area (Å²) in [5, 5.41) is 8.89. The average Bonchev–Trinajstić information content (AvgIpc) is 2.69. The molecule has 0 saturated heterocycles. The largest absolute Gasteiger partial charge is 0.279 e. The van der Waals surface area contributed by atoms with Crippen molar-refractivity contribution in [3.05, 3.63) is 55.1 Å². The Bertz CT molecular complexity index is 853. The van der Waals surface area contributed by atoms with Gasteiger partial charge in [0.15, 0.2) is 4.83 Å². The number of halogens is 1. The highest BCUT2D eigenvalue weighted by Crippen LogP contribution is 2.25. The fourth-order valence-corrected chi connectivity index (χ4v) is 3.52. The molecule has 0 unspecified atom stereocenters. The zero-order chi connectivity index (χ0) is 14.3. The number of hydrogen-bond donors (Lipinski definition) is 0. The van der Waals surface area contributed by atoms with E-state index in [1.807, 2.05) is 38.1 Å². The Morgan fingerprint density at radius 2 is 2.15 bits per heavy atom. The Kier molecular flexibility index (Phi) is 3.43. The van der Waals surface area contributed by atoms with Crippen LogP contribution in [0.5, 0.6) is 0 Å². The molecule has 1 aromatic carbocycles. The molecule has 0 spiro atoms. The van der Waals surface area contributed by atoms with Crippen LogP contribution in [-0.2, 0) is 6.54 Å². The maximum absolute atomic E-state index is 12.5. The Hall–Kier alpha value is -1.53. The maximum Gasteiger partial charge on any atom is 0.279 e. The van der Waals surface area contributed by atoms with E-state index in [1.54, 1.807) is 0 Å². The standard InChI is InChI=1S/C14H12BrN3OS/c1-8-9(2)20-13-12(8)14(19)18(17-16-13)7-10-4-3-5-11(15)6-10/h3-6H,7H2,1-2H3. The molecule has 4 nitrogen and oxygen atoms in total. The smallest absolute Gasteiger partial charge is 0.267 e. The first-order valence-corrected chi connectivity index (χ1v) is 7.75. The molecule has 0 amide bonds. The zero-order valence-corrected chi connectivity index (χ0v) is 13.5. The molecule has 0 bridgehead atoms. The fraction of sp³-hybridized carbons (Fsp3) is 0.214. The lowest BCUT2D eigenvalue weighted by Crippen LogP contribution is -2.24. The number of aromatic nitrogens is 3. The van der Waals surface area contributed by atoms with Gasteiger partial charge in [-0.05, 0) is 37.1 Å². The van der Waals surface area contributed by atoms with Gasteiger partial charge in [0, 0.05) is 9.35 Å². The summed E-state index contributed by atoms with van der Waals surface area (Å²) in [5.74, 6) is 0. The Morgan fingerprint density at radius 3 is 2.90 bits per heavy atom. The lowest BCUT2D eigenvalue weighted by atomic mass is 10.2. The second-order valence-corrected chi connectivity index (χ2v) is 6.76. The summed E-state index contributed by atoms with van der Waals surface area (Å²) >= 11 is 4.94. The van der Waals surface area contributed by atoms with Crippen molar-refractivity contribution in [3.63, 3.8) is 0 Å². The van der Waals surface area contributed by atoms with Crippen molar-refractivity contribution >= 4 is 37.5 Å². The van der Waals surface area contributed by atoms with Gasteiger partial charge in [0.1, 0.15) is 0 Å². The lowest BCUT2D eigenvalue weighted by molar-refractivity contribution is 0.601. The average molecular weight is 350 g/mol. The van der Waals surface area contributed by atoms with E-state index in [-0.39, 0.29) is 5.56 Å². The molecule has 0 saturated carbocycles. The maximum atomic E-state index is 12.5. The van der Waals surface area contributed by atoms with Crippen LogP contribution in [0.25, 0.3) is 10.2 Å². The van der Waals surface area contributed by atoms with E-state index in [0.717, 1.165) is 25.3 Å². The molecule has 0 fully saturated rings. The zero-order valence-electron chi connectivity index (χ0n) is 11.1. The predicted octanol–water partition coefficient (Wildman–Crippen LogP) is 3.28. The molecule has 3 rings (SSSR count). The van der Waals surface area contributed by atoms with Crippen molar-refractivity contribution in [1.82, 2.24) is 15.0 Å². The highest BCUT2D eigenvalue weighted by molar-refractivity contribution is 9.10. The van der Waals surface area contributed by atoms with Crippen LogP contribution in [0.1, 0.15) is 16.0 Å². The van der Waals surface area contributed by atoms with E-state index in [0.29, 0.717) is 11.9 Å². The van der Waals surface area contributed by atoms with Gasteiger partial charge in [-0.15, -0.1) is 16.4 Å². The molecular formula is C14H12BrN3OS. The van der Waals surface area contributed by atoms with E-state index in [9.17, 15) is 4.79 Å². The van der Waals surface area contributed by atoms with Gasteiger partial charge in [-0.2, -0.15) is 0 Å². The van der Waals surface area contributed by atoms with Crippen LogP contribution in [0.3, 0.4) is 0 Å². The van der Waals surface area contributed by atoms with E-state index >= 15 is 0 Å². The first-order chi connectivity index (χ1) is 9.56. The van der Waals surface area contributed by atoms with Crippen molar-refractivity contribution in [2.75, 3.05) is 0 Å². The molecule has 0 aliphatic rings. The first-order valence-electron chi connectivity index (χ1n) is 6.14. The summed E-state index contributed by atoms with van der Waals surface area (Å²) in [6, 6.07) is 7.84. The van der Waals surface area contributed by atoms with E-state index in [2.05, 4.69) is 26.2 Å². The van der Waals surface area contributed by atoms with Crippen LogP contribution in [0.15, 0.2) is 33.5 Å². The molecule has 2 heterocycles. The molecule has 6 heteroatoms. The van der Waals surface area contributed by atoms with Gasteiger partial charge in [0.2, 0.25) is 0 Å². The Labute approximate surface area is 128 Å². The number of hydrogen-bond acceptors (Lipinski definition) is 4. The second kappa shape index (κ2) is 5.10. The quantitative estimate of drug-likeness (QED) is 0.713. The van der Waals surface area contributed by atoms with E-state index in [4.69, 9.17) is 0 Å². The van der Waals surface area contributed by atoms with E-state index in [1.165, 1.54) is 16.0 Å². The third kappa shape index (κ3) is 2.29. The van der Waals surface area contributed by atoms with Gasteiger partial charge < -0.3 is 0 Å². The van der Waals surface area contributed by atoms with Gasteiger partial charge in [-0.1, -0.05) is 33.3 Å². The van der Waals surface area contributed by atoms with Gasteiger partial charge in [-0.3, -0.25) is 4.79 Å². The summed E-state index contributed by atoms with van der Waals surface area (Å²) in [6.07, 6.45) is 0.